The van der Waals surface area contributed by atoms with Crippen LogP contribution in [0.25, 0.3) is 0 Å². The second-order valence-electron chi connectivity index (χ2n) is 4.99. The number of hydrogen-bond acceptors (Lipinski definition) is 5. The van der Waals surface area contributed by atoms with Gasteiger partial charge in [-0.15, -0.1) is 0 Å². The van der Waals surface area contributed by atoms with E-state index in [0.29, 0.717) is 16.8 Å². The molecule has 0 spiro atoms. The number of phenols is 1. The predicted molar refractivity (Wildman–Crippen MR) is 83.2 cm³/mol. The molecule has 0 saturated heterocycles. The second-order valence-corrected chi connectivity index (χ2v) is 4.99. The van der Waals surface area contributed by atoms with Crippen LogP contribution in [0.3, 0.4) is 0 Å². The van der Waals surface area contributed by atoms with Crippen LogP contribution < -0.4 is 11.1 Å². The van der Waals surface area contributed by atoms with E-state index in [1.807, 2.05) is 0 Å². The highest BCUT2D eigenvalue weighted by Gasteiger charge is 2.33. The Morgan fingerprint density at radius 2 is 1.64 bits per heavy atom. The third-order valence-electron chi connectivity index (χ3n) is 3.63. The number of carbonyl (C=O) groups excluding carboxylic acids is 2. The van der Waals surface area contributed by atoms with Crippen molar-refractivity contribution in [1.82, 2.24) is 0 Å². The van der Waals surface area contributed by atoms with E-state index in [4.69, 9.17) is 5.73 Å². The maximum absolute atomic E-state index is 12.7. The van der Waals surface area contributed by atoms with Gasteiger partial charge in [-0.05, 0) is 12.1 Å². The van der Waals surface area contributed by atoms with Gasteiger partial charge >= 0.3 is 0 Å². The molecule has 22 heavy (non-hydrogen) atoms. The van der Waals surface area contributed by atoms with Crippen LogP contribution in [-0.2, 0) is 0 Å². The third kappa shape index (κ3) is 1.99. The van der Waals surface area contributed by atoms with Crippen molar-refractivity contribution in [3.05, 3.63) is 71.3 Å². The Morgan fingerprint density at radius 3 is 2.23 bits per heavy atom. The average molecular weight is 294 g/mol. The van der Waals surface area contributed by atoms with Gasteiger partial charge in [-0.1, -0.05) is 36.9 Å². The van der Waals surface area contributed by atoms with E-state index in [2.05, 4.69) is 11.9 Å². The van der Waals surface area contributed by atoms with Gasteiger partial charge in [0.1, 0.15) is 5.75 Å². The smallest absolute Gasteiger partial charge is 0.198 e. The minimum Gasteiger partial charge on any atom is -0.507 e. The Labute approximate surface area is 127 Å². The predicted octanol–water partition coefficient (Wildman–Crippen LogP) is 2.05. The Hall–Kier alpha value is -2.92. The molecule has 4 N–H and O–H groups in total. The number of nitrogens with two attached hydrogens (primary N) is 1. The van der Waals surface area contributed by atoms with Crippen LogP contribution in [0, 0.1) is 0 Å². The summed E-state index contributed by atoms with van der Waals surface area (Å²) in [7, 11) is 0. The van der Waals surface area contributed by atoms with Crippen LogP contribution in [0.5, 0.6) is 5.75 Å². The molecule has 0 heterocycles. The van der Waals surface area contributed by atoms with Crippen molar-refractivity contribution in [1.29, 1.82) is 0 Å². The second kappa shape index (κ2) is 5.13. The molecule has 1 aliphatic rings. The number of hydrogen-bond donors (Lipinski definition) is 3. The summed E-state index contributed by atoms with van der Waals surface area (Å²) in [5.41, 5.74) is 6.92. The Morgan fingerprint density at radius 1 is 1.05 bits per heavy atom. The molecule has 0 amide bonds. The van der Waals surface area contributed by atoms with Crippen LogP contribution >= 0.6 is 0 Å². The number of carbonyl (C=O) groups is 2. The van der Waals surface area contributed by atoms with Gasteiger partial charge in [-0.3, -0.25) is 9.59 Å². The molecule has 5 heteroatoms. The number of nitrogens with one attached hydrogen (secondary N) is 1. The fourth-order valence-corrected chi connectivity index (χ4v) is 2.56. The van der Waals surface area contributed by atoms with Crippen LogP contribution in [0.1, 0.15) is 31.8 Å². The topological polar surface area (TPSA) is 92.4 Å². The molecule has 3 rings (SSSR count). The van der Waals surface area contributed by atoms with E-state index in [1.54, 1.807) is 24.3 Å². The Bertz CT molecular complexity index is 812. The van der Waals surface area contributed by atoms with Crippen LogP contribution in [-0.4, -0.2) is 22.8 Å². The summed E-state index contributed by atoms with van der Waals surface area (Å²) in [5.74, 6) is -0.918. The first-order chi connectivity index (χ1) is 10.5. The van der Waals surface area contributed by atoms with Crippen LogP contribution in [0.15, 0.2) is 49.1 Å². The highest BCUT2D eigenvalue weighted by atomic mass is 16.3. The first-order valence-corrected chi connectivity index (χ1v) is 6.73. The van der Waals surface area contributed by atoms with E-state index in [1.165, 1.54) is 18.2 Å². The van der Waals surface area contributed by atoms with Gasteiger partial charge in [0, 0.05) is 16.8 Å². The lowest BCUT2D eigenvalue weighted by atomic mass is 9.82. The quantitative estimate of drug-likeness (QED) is 0.390. The summed E-state index contributed by atoms with van der Waals surface area (Å²) in [6, 6.07) is 9.45. The minimum absolute atomic E-state index is 0.00459. The molecule has 1 unspecified atom stereocenters. The van der Waals surface area contributed by atoms with Gasteiger partial charge in [-0.2, -0.15) is 0 Å². The standard InChI is InChI=1S/C17H14N2O3/c1-2-13(18)19-11-7-8-12(20)15-14(11)16(21)9-5-3-4-6-10(9)17(15)22/h2-8,13,19-20H,1,18H2. The maximum atomic E-state index is 12.7. The summed E-state index contributed by atoms with van der Waals surface area (Å²) >= 11 is 0. The molecule has 1 aliphatic carbocycles. The number of phenolic OH excluding ortho intramolecular Hbond substituents is 1. The number of aromatic hydroxyl groups is 1. The molecule has 2 aromatic rings. The van der Waals surface area contributed by atoms with E-state index < -0.39 is 6.17 Å². The van der Waals surface area contributed by atoms with E-state index >= 15 is 0 Å². The normalized spacial score (nSPS) is 14.0. The lowest BCUT2D eigenvalue weighted by Crippen LogP contribution is -2.29. The lowest BCUT2D eigenvalue weighted by Gasteiger charge is -2.22. The summed E-state index contributed by atoms with van der Waals surface area (Å²) < 4.78 is 0. The fraction of sp³-hybridized carbons (Fsp3) is 0.0588. The molecule has 2 aromatic carbocycles. The van der Waals surface area contributed by atoms with Crippen LogP contribution in [0.4, 0.5) is 5.69 Å². The first-order valence-electron chi connectivity index (χ1n) is 6.73. The van der Waals surface area contributed by atoms with E-state index in [0.717, 1.165) is 0 Å². The molecule has 0 radical (unpaired) electrons. The zero-order valence-electron chi connectivity index (χ0n) is 11.7. The number of rotatable bonds is 3. The molecule has 0 aromatic heterocycles. The van der Waals surface area contributed by atoms with Gasteiger partial charge in [0.05, 0.1) is 17.3 Å². The molecule has 0 fully saturated rings. The van der Waals surface area contributed by atoms with Crippen molar-refractivity contribution in [2.24, 2.45) is 5.73 Å². The summed E-state index contributed by atoms with van der Waals surface area (Å²) in [6.45, 7) is 3.57. The fourth-order valence-electron chi connectivity index (χ4n) is 2.56. The first kappa shape index (κ1) is 14.0. The lowest BCUT2D eigenvalue weighted by molar-refractivity contribution is 0.0977. The molecule has 5 nitrogen and oxygen atoms in total. The number of ketones is 2. The van der Waals surface area contributed by atoms with E-state index in [9.17, 15) is 14.7 Å². The highest BCUT2D eigenvalue weighted by Crippen LogP contribution is 2.36. The summed E-state index contributed by atoms with van der Waals surface area (Å²) in [6.07, 6.45) is 0.899. The van der Waals surface area contributed by atoms with Gasteiger partial charge in [0.2, 0.25) is 0 Å². The van der Waals surface area contributed by atoms with Crippen molar-refractivity contribution in [3.63, 3.8) is 0 Å². The summed E-state index contributed by atoms with van der Waals surface area (Å²) in [5, 5.41) is 12.9. The van der Waals surface area contributed by atoms with Crippen LogP contribution in [0.2, 0.25) is 0 Å². The van der Waals surface area contributed by atoms with Gasteiger partial charge < -0.3 is 16.2 Å². The number of benzene rings is 2. The number of fused-ring (bicyclic) bond motifs is 2. The average Bonchev–Trinajstić information content (AvgIpc) is 2.54. The monoisotopic (exact) mass is 294 g/mol. The van der Waals surface area contributed by atoms with Gasteiger partial charge in [-0.25, -0.2) is 0 Å². The molecular formula is C17H14N2O3. The zero-order chi connectivity index (χ0) is 15.9. The van der Waals surface area contributed by atoms with Crippen molar-refractivity contribution in [2.45, 2.75) is 6.17 Å². The van der Waals surface area contributed by atoms with Crippen molar-refractivity contribution >= 4 is 17.3 Å². The number of anilines is 1. The SMILES string of the molecule is C=CC(N)Nc1ccc(O)c2c1C(=O)c1ccccc1C2=O. The van der Waals surface area contributed by atoms with Crippen molar-refractivity contribution < 1.29 is 14.7 Å². The molecular weight excluding hydrogens is 280 g/mol. The minimum atomic E-state index is -0.575. The largest absolute Gasteiger partial charge is 0.507 e. The molecule has 1 atom stereocenters. The van der Waals surface area contributed by atoms with Crippen molar-refractivity contribution in [2.75, 3.05) is 5.32 Å². The molecule has 0 aliphatic heterocycles. The molecule has 110 valence electrons. The van der Waals surface area contributed by atoms with E-state index in [-0.39, 0.29) is 28.4 Å². The van der Waals surface area contributed by atoms with Crippen molar-refractivity contribution in [3.8, 4) is 5.75 Å². The third-order valence-corrected chi connectivity index (χ3v) is 3.63. The molecule has 0 saturated carbocycles. The van der Waals surface area contributed by atoms with Gasteiger partial charge in [0.15, 0.2) is 11.6 Å². The Kier molecular flexibility index (Phi) is 3.27. The molecule has 0 bridgehead atoms. The Balaban J connectivity index is 2.25. The highest BCUT2D eigenvalue weighted by molar-refractivity contribution is 6.31. The van der Waals surface area contributed by atoms with Gasteiger partial charge in [0.25, 0.3) is 0 Å². The summed E-state index contributed by atoms with van der Waals surface area (Å²) in [4.78, 5) is 25.3. The maximum Gasteiger partial charge on any atom is 0.198 e. The zero-order valence-corrected chi connectivity index (χ0v) is 11.7.